The second-order valence-electron chi connectivity index (χ2n) is 4.40. The van der Waals surface area contributed by atoms with Crippen LogP contribution >= 0.6 is 11.6 Å². The molecule has 3 nitrogen and oxygen atoms in total. The second kappa shape index (κ2) is 5.11. The Morgan fingerprint density at radius 3 is 2.53 bits per heavy atom. The van der Waals surface area contributed by atoms with Crippen LogP contribution in [0.4, 0.5) is 0 Å². The molecule has 1 heterocycles. The highest BCUT2D eigenvalue weighted by Crippen LogP contribution is 2.34. The van der Waals surface area contributed by atoms with Crippen LogP contribution in [0.15, 0.2) is 42.5 Å². The molecule has 19 heavy (non-hydrogen) atoms. The van der Waals surface area contributed by atoms with Gasteiger partial charge >= 0.3 is 0 Å². The number of nitrogens with two attached hydrogens (primary N) is 1. The summed E-state index contributed by atoms with van der Waals surface area (Å²) in [5.74, 6) is 1.51. The van der Waals surface area contributed by atoms with Gasteiger partial charge in [-0.25, -0.2) is 0 Å². The van der Waals surface area contributed by atoms with Gasteiger partial charge in [0.15, 0.2) is 11.5 Å². The van der Waals surface area contributed by atoms with Gasteiger partial charge in [-0.15, -0.1) is 0 Å². The molecule has 3 rings (SSSR count). The maximum absolute atomic E-state index is 6.27. The first-order chi connectivity index (χ1) is 9.25. The van der Waals surface area contributed by atoms with Crippen LogP contribution in [0.5, 0.6) is 11.5 Å². The van der Waals surface area contributed by atoms with E-state index in [0.717, 1.165) is 22.6 Å². The molecule has 0 saturated heterocycles. The Bertz CT molecular complexity index is 600. The van der Waals surface area contributed by atoms with E-state index in [1.165, 1.54) is 0 Å². The van der Waals surface area contributed by atoms with E-state index >= 15 is 0 Å². The van der Waals surface area contributed by atoms with Crippen molar-refractivity contribution in [3.05, 3.63) is 58.6 Å². The molecule has 98 valence electrons. The van der Waals surface area contributed by atoms with Gasteiger partial charge in [-0.1, -0.05) is 35.9 Å². The highest BCUT2D eigenvalue weighted by Gasteiger charge is 2.17. The third-order valence-electron chi connectivity index (χ3n) is 3.17. The summed E-state index contributed by atoms with van der Waals surface area (Å²) < 4.78 is 11.1. The molecule has 2 N–H and O–H groups in total. The van der Waals surface area contributed by atoms with Crippen molar-refractivity contribution in [2.45, 2.75) is 6.04 Å². The summed E-state index contributed by atoms with van der Waals surface area (Å²) >= 11 is 6.18. The first kappa shape index (κ1) is 12.3. The van der Waals surface area contributed by atoms with Crippen LogP contribution in [0, 0.1) is 0 Å². The summed E-state index contributed by atoms with van der Waals surface area (Å²) in [7, 11) is 0. The lowest BCUT2D eigenvalue weighted by atomic mass is 9.99. The lowest BCUT2D eigenvalue weighted by Crippen LogP contribution is -2.17. The smallest absolute Gasteiger partial charge is 0.161 e. The van der Waals surface area contributed by atoms with Gasteiger partial charge in [0.1, 0.15) is 13.2 Å². The summed E-state index contributed by atoms with van der Waals surface area (Å²) in [6.45, 7) is 1.15. The summed E-state index contributed by atoms with van der Waals surface area (Å²) in [4.78, 5) is 0. The maximum Gasteiger partial charge on any atom is 0.161 e. The number of fused-ring (bicyclic) bond motifs is 1. The molecule has 0 radical (unpaired) electrons. The average molecular weight is 276 g/mol. The van der Waals surface area contributed by atoms with E-state index in [2.05, 4.69) is 0 Å². The minimum Gasteiger partial charge on any atom is -0.486 e. The molecule has 1 aliphatic rings. The normalized spacial score (nSPS) is 15.1. The first-order valence-electron chi connectivity index (χ1n) is 6.15. The van der Waals surface area contributed by atoms with E-state index in [-0.39, 0.29) is 6.04 Å². The van der Waals surface area contributed by atoms with Crippen molar-refractivity contribution in [2.24, 2.45) is 5.73 Å². The number of rotatable bonds is 2. The lowest BCUT2D eigenvalue weighted by molar-refractivity contribution is 0.171. The van der Waals surface area contributed by atoms with Gasteiger partial charge in [0.25, 0.3) is 0 Å². The van der Waals surface area contributed by atoms with Gasteiger partial charge in [-0.3, -0.25) is 0 Å². The standard InChI is InChI=1S/C15H14ClNO2/c16-12-4-2-1-3-11(12)15(17)10-5-6-13-14(9-10)19-8-7-18-13/h1-6,9,15H,7-8,17H2. The number of hydrogen-bond donors (Lipinski definition) is 1. The fraction of sp³-hybridized carbons (Fsp3) is 0.200. The van der Waals surface area contributed by atoms with E-state index < -0.39 is 0 Å². The number of halogens is 1. The molecule has 2 aromatic carbocycles. The van der Waals surface area contributed by atoms with Crippen molar-refractivity contribution in [1.29, 1.82) is 0 Å². The van der Waals surface area contributed by atoms with Gasteiger partial charge in [0, 0.05) is 5.02 Å². The molecule has 0 aromatic heterocycles. The Morgan fingerprint density at radius 2 is 1.74 bits per heavy atom. The predicted molar refractivity (Wildman–Crippen MR) is 74.9 cm³/mol. The van der Waals surface area contributed by atoms with Crippen molar-refractivity contribution in [1.82, 2.24) is 0 Å². The molecule has 2 aromatic rings. The van der Waals surface area contributed by atoms with Crippen LogP contribution < -0.4 is 15.2 Å². The first-order valence-corrected chi connectivity index (χ1v) is 6.53. The molecule has 0 aliphatic carbocycles. The van der Waals surface area contributed by atoms with E-state index in [9.17, 15) is 0 Å². The van der Waals surface area contributed by atoms with Gasteiger partial charge in [-0.2, -0.15) is 0 Å². The fourth-order valence-electron chi connectivity index (χ4n) is 2.16. The van der Waals surface area contributed by atoms with Gasteiger partial charge < -0.3 is 15.2 Å². The van der Waals surface area contributed by atoms with Crippen LogP contribution in [0.2, 0.25) is 5.02 Å². The molecule has 1 atom stereocenters. The highest BCUT2D eigenvalue weighted by molar-refractivity contribution is 6.31. The number of hydrogen-bond acceptors (Lipinski definition) is 3. The molecule has 0 saturated carbocycles. The van der Waals surface area contributed by atoms with Gasteiger partial charge in [0.2, 0.25) is 0 Å². The van der Waals surface area contributed by atoms with Gasteiger partial charge in [-0.05, 0) is 29.3 Å². The largest absolute Gasteiger partial charge is 0.486 e. The number of benzene rings is 2. The highest BCUT2D eigenvalue weighted by atomic mass is 35.5. The van der Waals surface area contributed by atoms with Crippen LogP contribution in [0.25, 0.3) is 0 Å². The van der Waals surface area contributed by atoms with Crippen LogP contribution in [0.1, 0.15) is 17.2 Å². The third-order valence-corrected chi connectivity index (χ3v) is 3.51. The maximum atomic E-state index is 6.27. The SMILES string of the molecule is NC(c1ccc2c(c1)OCCO2)c1ccccc1Cl. The minimum atomic E-state index is -0.274. The summed E-state index contributed by atoms with van der Waals surface area (Å²) in [5, 5.41) is 0.671. The molecule has 4 heteroatoms. The second-order valence-corrected chi connectivity index (χ2v) is 4.81. The topological polar surface area (TPSA) is 44.5 Å². The van der Waals surface area contributed by atoms with Crippen molar-refractivity contribution in [2.75, 3.05) is 13.2 Å². The van der Waals surface area contributed by atoms with Crippen molar-refractivity contribution in [3.63, 3.8) is 0 Å². The molecular weight excluding hydrogens is 262 g/mol. The number of ether oxygens (including phenoxy) is 2. The zero-order valence-corrected chi connectivity index (χ0v) is 11.1. The zero-order valence-electron chi connectivity index (χ0n) is 10.3. The molecular formula is C15H14ClNO2. The zero-order chi connectivity index (χ0) is 13.2. The van der Waals surface area contributed by atoms with Crippen LogP contribution in [-0.4, -0.2) is 13.2 Å². The van der Waals surface area contributed by atoms with E-state index in [4.69, 9.17) is 26.8 Å². The van der Waals surface area contributed by atoms with E-state index in [0.29, 0.717) is 18.2 Å². The third kappa shape index (κ3) is 2.39. The molecule has 0 spiro atoms. The molecule has 1 aliphatic heterocycles. The molecule has 1 unspecified atom stereocenters. The quantitative estimate of drug-likeness (QED) is 0.916. The van der Waals surface area contributed by atoms with E-state index in [1.807, 2.05) is 42.5 Å². The Kier molecular flexibility index (Phi) is 3.32. The fourth-order valence-corrected chi connectivity index (χ4v) is 2.41. The van der Waals surface area contributed by atoms with Crippen molar-refractivity contribution in [3.8, 4) is 11.5 Å². The Labute approximate surface area is 116 Å². The molecule has 0 amide bonds. The predicted octanol–water partition coefficient (Wildman–Crippen LogP) is 3.16. The van der Waals surface area contributed by atoms with Crippen molar-refractivity contribution < 1.29 is 9.47 Å². The van der Waals surface area contributed by atoms with Gasteiger partial charge in [0.05, 0.1) is 6.04 Å². The van der Waals surface area contributed by atoms with Crippen LogP contribution in [-0.2, 0) is 0 Å². The molecule has 0 fully saturated rings. The van der Waals surface area contributed by atoms with E-state index in [1.54, 1.807) is 0 Å². The monoisotopic (exact) mass is 275 g/mol. The lowest BCUT2D eigenvalue weighted by Gasteiger charge is -2.21. The van der Waals surface area contributed by atoms with Crippen LogP contribution in [0.3, 0.4) is 0 Å². The summed E-state index contributed by atoms with van der Waals surface area (Å²) in [6.07, 6.45) is 0. The average Bonchev–Trinajstić information content (AvgIpc) is 2.46. The Balaban J connectivity index is 1.96. The summed E-state index contributed by atoms with van der Waals surface area (Å²) in [6, 6.07) is 13.1. The Hall–Kier alpha value is -1.71. The Morgan fingerprint density at radius 1 is 1.00 bits per heavy atom. The minimum absolute atomic E-state index is 0.274. The van der Waals surface area contributed by atoms with Crippen molar-refractivity contribution >= 4 is 11.6 Å². The summed E-state index contributed by atoms with van der Waals surface area (Å²) in [5.41, 5.74) is 8.13. The molecule has 0 bridgehead atoms.